The van der Waals surface area contributed by atoms with Crippen LogP contribution in [0.5, 0.6) is 0 Å². The van der Waals surface area contributed by atoms with E-state index in [0.717, 1.165) is 0 Å². The van der Waals surface area contributed by atoms with E-state index in [1.807, 2.05) is 0 Å². The second kappa shape index (κ2) is 3.65. The summed E-state index contributed by atoms with van der Waals surface area (Å²) in [6.07, 6.45) is 0. The van der Waals surface area contributed by atoms with Gasteiger partial charge in [-0.05, 0) is 6.07 Å². The summed E-state index contributed by atoms with van der Waals surface area (Å²) in [4.78, 5) is 10.8. The van der Waals surface area contributed by atoms with Crippen LogP contribution in [-0.4, -0.2) is 16.2 Å². The maximum absolute atomic E-state index is 13.5. The molecule has 0 fully saturated rings. The van der Waals surface area contributed by atoms with Gasteiger partial charge < -0.3 is 15.4 Å². The Labute approximate surface area is 89.3 Å². The molecule has 0 unspecified atom stereocenters. The molecule has 0 bridgehead atoms. The monoisotopic (exact) mass is 222 g/mol. The Kier molecular flexibility index (Phi) is 2.32. The topological polar surface area (TPSA) is 89.4 Å². The van der Waals surface area contributed by atoms with Crippen LogP contribution in [0, 0.1) is 5.82 Å². The van der Waals surface area contributed by atoms with Crippen molar-refractivity contribution in [2.45, 2.75) is 0 Å². The van der Waals surface area contributed by atoms with E-state index in [0.29, 0.717) is 0 Å². The van der Waals surface area contributed by atoms with Crippen molar-refractivity contribution in [3.8, 4) is 11.1 Å². The third-order valence-electron chi connectivity index (χ3n) is 2.06. The number of anilines is 1. The van der Waals surface area contributed by atoms with Crippen LogP contribution in [-0.2, 0) is 0 Å². The van der Waals surface area contributed by atoms with E-state index >= 15 is 0 Å². The molecule has 1 aromatic heterocycles. The smallest absolute Gasteiger partial charge is 0.358 e. The zero-order valence-corrected chi connectivity index (χ0v) is 7.98. The lowest BCUT2D eigenvalue weighted by Gasteiger charge is -2.00. The molecule has 0 spiro atoms. The number of aromatic nitrogens is 1. The van der Waals surface area contributed by atoms with E-state index < -0.39 is 17.5 Å². The Morgan fingerprint density at radius 1 is 1.44 bits per heavy atom. The highest BCUT2D eigenvalue weighted by Gasteiger charge is 2.23. The first-order chi connectivity index (χ1) is 7.61. The van der Waals surface area contributed by atoms with Crippen LogP contribution in [0.15, 0.2) is 28.8 Å². The minimum Gasteiger partial charge on any atom is -0.476 e. The Balaban J connectivity index is 2.68. The Morgan fingerprint density at radius 3 is 2.75 bits per heavy atom. The van der Waals surface area contributed by atoms with Crippen molar-refractivity contribution >= 4 is 11.9 Å². The molecule has 1 aromatic carbocycles. The number of carboxylic acids is 1. The number of hydrogen-bond acceptors (Lipinski definition) is 4. The minimum atomic E-state index is -1.32. The molecule has 3 N–H and O–H groups in total. The average molecular weight is 222 g/mol. The summed E-state index contributed by atoms with van der Waals surface area (Å²) >= 11 is 0. The lowest BCUT2D eigenvalue weighted by molar-refractivity contribution is 0.0686. The van der Waals surface area contributed by atoms with Gasteiger partial charge in [0.15, 0.2) is 0 Å². The van der Waals surface area contributed by atoms with E-state index in [9.17, 15) is 9.18 Å². The predicted octanol–water partition coefficient (Wildman–Crippen LogP) is 1.76. The van der Waals surface area contributed by atoms with E-state index in [4.69, 9.17) is 10.8 Å². The number of hydrogen-bond donors (Lipinski definition) is 2. The van der Waals surface area contributed by atoms with Crippen molar-refractivity contribution < 1.29 is 18.8 Å². The Hall–Kier alpha value is -2.37. The molecule has 82 valence electrons. The fourth-order valence-corrected chi connectivity index (χ4v) is 1.37. The SMILES string of the molecule is Nc1onc(C(=O)O)c1-c1ccccc1F. The quantitative estimate of drug-likeness (QED) is 0.808. The zero-order valence-electron chi connectivity index (χ0n) is 7.98. The number of nitrogens with zero attached hydrogens (tertiary/aromatic N) is 1. The van der Waals surface area contributed by atoms with Crippen LogP contribution < -0.4 is 5.73 Å². The van der Waals surface area contributed by atoms with Gasteiger partial charge in [0.25, 0.3) is 0 Å². The molecule has 2 aromatic rings. The zero-order chi connectivity index (χ0) is 11.7. The molecule has 16 heavy (non-hydrogen) atoms. The number of carbonyl (C=O) groups is 1. The van der Waals surface area contributed by atoms with Gasteiger partial charge in [-0.1, -0.05) is 23.4 Å². The molecule has 0 amide bonds. The Morgan fingerprint density at radius 2 is 2.12 bits per heavy atom. The highest BCUT2D eigenvalue weighted by Crippen LogP contribution is 2.31. The molecule has 0 saturated heterocycles. The van der Waals surface area contributed by atoms with Gasteiger partial charge in [-0.2, -0.15) is 0 Å². The molecule has 6 heteroatoms. The van der Waals surface area contributed by atoms with Crippen LogP contribution in [0.3, 0.4) is 0 Å². The number of nitrogen functional groups attached to an aromatic ring is 1. The van der Waals surface area contributed by atoms with Crippen LogP contribution in [0.1, 0.15) is 10.5 Å². The van der Waals surface area contributed by atoms with Crippen LogP contribution >= 0.6 is 0 Å². The fourth-order valence-electron chi connectivity index (χ4n) is 1.37. The molecule has 0 aliphatic rings. The van der Waals surface area contributed by atoms with Crippen molar-refractivity contribution in [1.82, 2.24) is 5.16 Å². The van der Waals surface area contributed by atoms with Gasteiger partial charge in [0.2, 0.25) is 11.6 Å². The van der Waals surface area contributed by atoms with Crippen LogP contribution in [0.4, 0.5) is 10.3 Å². The first kappa shape index (κ1) is 10.2. The van der Waals surface area contributed by atoms with E-state index in [2.05, 4.69) is 9.68 Å². The fraction of sp³-hybridized carbons (Fsp3) is 0. The molecule has 5 nitrogen and oxygen atoms in total. The van der Waals surface area contributed by atoms with Gasteiger partial charge in [-0.25, -0.2) is 9.18 Å². The largest absolute Gasteiger partial charge is 0.476 e. The summed E-state index contributed by atoms with van der Waals surface area (Å²) in [6, 6.07) is 5.66. The molecule has 2 rings (SSSR count). The number of nitrogens with two attached hydrogens (primary N) is 1. The van der Waals surface area contributed by atoms with Crippen molar-refractivity contribution in [3.63, 3.8) is 0 Å². The number of rotatable bonds is 2. The summed E-state index contributed by atoms with van der Waals surface area (Å²) in [5, 5.41) is 12.1. The van der Waals surface area contributed by atoms with Gasteiger partial charge in [0, 0.05) is 5.56 Å². The maximum Gasteiger partial charge on any atom is 0.358 e. The summed E-state index contributed by atoms with van der Waals surface area (Å²) in [7, 11) is 0. The number of halogens is 1. The first-order valence-electron chi connectivity index (χ1n) is 4.34. The van der Waals surface area contributed by atoms with Crippen LogP contribution in [0.2, 0.25) is 0 Å². The van der Waals surface area contributed by atoms with E-state index in [1.165, 1.54) is 18.2 Å². The highest BCUT2D eigenvalue weighted by atomic mass is 19.1. The molecule has 0 radical (unpaired) electrons. The van der Waals surface area contributed by atoms with Gasteiger partial charge in [-0.3, -0.25) is 0 Å². The second-order valence-electron chi connectivity index (χ2n) is 3.06. The van der Waals surface area contributed by atoms with Gasteiger partial charge in [-0.15, -0.1) is 0 Å². The molecule has 0 saturated carbocycles. The maximum atomic E-state index is 13.5. The Bertz CT molecular complexity index is 551. The summed E-state index contributed by atoms with van der Waals surface area (Å²) in [6.45, 7) is 0. The molecule has 0 atom stereocenters. The summed E-state index contributed by atoms with van der Waals surface area (Å²) in [5.74, 6) is -2.12. The van der Waals surface area contributed by atoms with E-state index in [1.54, 1.807) is 6.07 Å². The highest BCUT2D eigenvalue weighted by molar-refractivity contribution is 5.96. The van der Waals surface area contributed by atoms with Gasteiger partial charge in [0.1, 0.15) is 5.82 Å². The average Bonchev–Trinajstić information content (AvgIpc) is 2.61. The third-order valence-corrected chi connectivity index (χ3v) is 2.06. The predicted molar refractivity (Wildman–Crippen MR) is 53.3 cm³/mol. The molecule has 1 heterocycles. The molecule has 0 aliphatic carbocycles. The van der Waals surface area contributed by atoms with Gasteiger partial charge >= 0.3 is 5.97 Å². The summed E-state index contributed by atoms with van der Waals surface area (Å²) < 4.78 is 18.0. The lowest BCUT2D eigenvalue weighted by atomic mass is 10.1. The van der Waals surface area contributed by atoms with E-state index in [-0.39, 0.29) is 17.0 Å². The van der Waals surface area contributed by atoms with Gasteiger partial charge in [0.05, 0.1) is 5.56 Å². The number of benzene rings is 1. The second-order valence-corrected chi connectivity index (χ2v) is 3.06. The van der Waals surface area contributed by atoms with Crippen molar-refractivity contribution in [2.24, 2.45) is 0 Å². The standard InChI is InChI=1S/C10H7FN2O3/c11-6-4-2-1-3-5(6)7-8(10(14)15)13-16-9(7)12/h1-4H,12H2,(H,14,15). The molecular weight excluding hydrogens is 215 g/mol. The van der Waals surface area contributed by atoms with Crippen molar-refractivity contribution in [1.29, 1.82) is 0 Å². The number of carboxylic acid groups (broad SMARTS) is 1. The summed E-state index contributed by atoms with van der Waals surface area (Å²) in [5.41, 5.74) is 5.04. The lowest BCUT2D eigenvalue weighted by Crippen LogP contribution is -2.00. The molecular formula is C10H7FN2O3. The normalized spacial score (nSPS) is 10.3. The molecule has 0 aliphatic heterocycles. The third kappa shape index (κ3) is 1.50. The first-order valence-corrected chi connectivity index (χ1v) is 4.34. The number of aromatic carboxylic acids is 1. The minimum absolute atomic E-state index is 0.0365. The van der Waals surface area contributed by atoms with Crippen LogP contribution in [0.25, 0.3) is 11.1 Å². The van der Waals surface area contributed by atoms with Crippen molar-refractivity contribution in [2.75, 3.05) is 5.73 Å². The van der Waals surface area contributed by atoms with Crippen molar-refractivity contribution in [3.05, 3.63) is 35.8 Å².